The van der Waals surface area contributed by atoms with Crippen LogP contribution in [0.25, 0.3) is 10.9 Å². The van der Waals surface area contributed by atoms with Gasteiger partial charge in [0.1, 0.15) is 0 Å². The molecule has 1 saturated carbocycles. The Kier molecular flexibility index (Phi) is 2.84. The van der Waals surface area contributed by atoms with Crippen molar-refractivity contribution in [3.63, 3.8) is 0 Å². The van der Waals surface area contributed by atoms with Crippen LogP contribution in [0.3, 0.4) is 0 Å². The molecule has 0 spiro atoms. The number of nitrogens with one attached hydrogen (secondary N) is 2. The fourth-order valence-corrected chi connectivity index (χ4v) is 4.26. The molecule has 4 rings (SSSR count). The minimum absolute atomic E-state index is 0.0699. The maximum Gasteiger partial charge on any atom is 0.274 e. The second kappa shape index (κ2) is 4.55. The zero-order valence-electron chi connectivity index (χ0n) is 11.7. The van der Waals surface area contributed by atoms with Crippen LogP contribution < -0.4 is 20.3 Å². The number of H-pyrrole nitrogens is 1. The van der Waals surface area contributed by atoms with Crippen molar-refractivity contribution in [2.75, 3.05) is 18.0 Å². The molecule has 3 atom stereocenters. The van der Waals surface area contributed by atoms with Crippen molar-refractivity contribution in [3.05, 3.63) is 40.7 Å². The van der Waals surface area contributed by atoms with Gasteiger partial charge in [-0.1, -0.05) is 18.2 Å². The van der Waals surface area contributed by atoms with Gasteiger partial charge in [0.2, 0.25) is 5.56 Å². The van der Waals surface area contributed by atoms with Gasteiger partial charge < -0.3 is 9.88 Å². The highest BCUT2D eigenvalue weighted by Crippen LogP contribution is 2.47. The van der Waals surface area contributed by atoms with E-state index in [-0.39, 0.29) is 23.4 Å². The third-order valence-electron chi connectivity index (χ3n) is 4.56. The third-order valence-corrected chi connectivity index (χ3v) is 5.16. The van der Waals surface area contributed by atoms with Crippen molar-refractivity contribution in [1.29, 1.82) is 0 Å². The normalized spacial score (nSPS) is 27.1. The molecule has 1 aliphatic heterocycles. The summed E-state index contributed by atoms with van der Waals surface area (Å²) in [5, 5.41) is 6.02. The summed E-state index contributed by atoms with van der Waals surface area (Å²) in [5.41, 5.74) is 1.58. The smallest absolute Gasteiger partial charge is 0.274 e. The zero-order chi connectivity index (χ0) is 15.5. The molecule has 8 heteroatoms. The number of fused-ring (bicyclic) bond motifs is 2. The van der Waals surface area contributed by atoms with E-state index >= 15 is 0 Å². The van der Waals surface area contributed by atoms with Crippen LogP contribution in [-0.2, 0) is 10.2 Å². The standard InChI is InChI=1S/C14H16N4O3S/c15-22(20,21)17-14-9-6-18(7-10(9)14)12-5-13(19)16-11-4-2-1-3-8(11)12/h1-5,9-10,14,17H,6-7H2,(H,16,19)(H2,15,20,21)/t9-,10+,14?. The van der Waals surface area contributed by atoms with Gasteiger partial charge in [-0.2, -0.15) is 13.1 Å². The highest BCUT2D eigenvalue weighted by Gasteiger charge is 2.57. The van der Waals surface area contributed by atoms with Gasteiger partial charge in [-0.15, -0.1) is 0 Å². The Labute approximate surface area is 127 Å². The molecule has 1 unspecified atom stereocenters. The number of aromatic amines is 1. The molecule has 0 radical (unpaired) electrons. The minimum atomic E-state index is -3.65. The number of pyridine rings is 1. The third kappa shape index (κ3) is 2.29. The lowest BCUT2D eigenvalue weighted by Gasteiger charge is -2.23. The van der Waals surface area contributed by atoms with Crippen molar-refractivity contribution < 1.29 is 8.42 Å². The van der Waals surface area contributed by atoms with Crippen LogP contribution >= 0.6 is 0 Å². The number of hydrogen-bond acceptors (Lipinski definition) is 4. The van der Waals surface area contributed by atoms with Crippen molar-refractivity contribution in [1.82, 2.24) is 9.71 Å². The van der Waals surface area contributed by atoms with Crippen LogP contribution in [0.15, 0.2) is 35.1 Å². The number of anilines is 1. The predicted molar refractivity (Wildman–Crippen MR) is 83.8 cm³/mol. The molecule has 116 valence electrons. The average molecular weight is 320 g/mol. The molecule has 22 heavy (non-hydrogen) atoms. The molecular weight excluding hydrogens is 304 g/mol. The second-order valence-electron chi connectivity index (χ2n) is 5.99. The van der Waals surface area contributed by atoms with Gasteiger partial charge in [0.15, 0.2) is 0 Å². The quantitative estimate of drug-likeness (QED) is 0.725. The average Bonchev–Trinajstić information content (AvgIpc) is 2.89. The largest absolute Gasteiger partial charge is 0.370 e. The number of benzene rings is 1. The second-order valence-corrected chi connectivity index (χ2v) is 7.31. The van der Waals surface area contributed by atoms with E-state index in [0.717, 1.165) is 29.7 Å². The van der Waals surface area contributed by atoms with Crippen LogP contribution in [0.4, 0.5) is 5.69 Å². The first-order valence-electron chi connectivity index (χ1n) is 7.09. The Morgan fingerprint density at radius 1 is 1.23 bits per heavy atom. The number of para-hydroxylation sites is 1. The molecule has 1 aromatic carbocycles. The minimum Gasteiger partial charge on any atom is -0.370 e. The molecule has 0 bridgehead atoms. The number of nitrogens with two attached hydrogens (primary N) is 1. The lowest BCUT2D eigenvalue weighted by Crippen LogP contribution is -2.38. The van der Waals surface area contributed by atoms with E-state index in [1.54, 1.807) is 6.07 Å². The summed E-state index contributed by atoms with van der Waals surface area (Å²) in [4.78, 5) is 16.8. The molecule has 2 heterocycles. The number of nitrogens with zero attached hydrogens (tertiary/aromatic N) is 1. The summed E-state index contributed by atoms with van der Waals surface area (Å²) in [5.74, 6) is 0.521. The fourth-order valence-electron chi connectivity index (χ4n) is 3.54. The lowest BCUT2D eigenvalue weighted by atomic mass is 10.1. The van der Waals surface area contributed by atoms with Crippen LogP contribution in [0, 0.1) is 11.8 Å². The first-order valence-corrected chi connectivity index (χ1v) is 8.64. The van der Waals surface area contributed by atoms with E-state index in [0.29, 0.717) is 0 Å². The Morgan fingerprint density at radius 2 is 1.91 bits per heavy atom. The van der Waals surface area contributed by atoms with Crippen LogP contribution in [0.1, 0.15) is 0 Å². The molecule has 2 fully saturated rings. The molecule has 2 aromatic rings. The van der Waals surface area contributed by atoms with Gasteiger partial charge in [0.25, 0.3) is 10.2 Å². The topological polar surface area (TPSA) is 108 Å². The van der Waals surface area contributed by atoms with E-state index in [1.165, 1.54) is 0 Å². The van der Waals surface area contributed by atoms with Gasteiger partial charge in [0.05, 0.1) is 11.2 Å². The molecule has 4 N–H and O–H groups in total. The first kappa shape index (κ1) is 13.7. The first-order chi connectivity index (χ1) is 10.4. The Bertz CT molecular complexity index is 896. The summed E-state index contributed by atoms with van der Waals surface area (Å²) in [6, 6.07) is 9.21. The van der Waals surface area contributed by atoms with E-state index < -0.39 is 10.2 Å². The van der Waals surface area contributed by atoms with Gasteiger partial charge in [-0.25, -0.2) is 5.14 Å². The fraction of sp³-hybridized carbons (Fsp3) is 0.357. The maximum atomic E-state index is 11.8. The van der Waals surface area contributed by atoms with Crippen molar-refractivity contribution in [3.8, 4) is 0 Å². The van der Waals surface area contributed by atoms with Crippen molar-refractivity contribution in [2.45, 2.75) is 6.04 Å². The Balaban J connectivity index is 1.61. The SMILES string of the molecule is NS(=O)(=O)NC1[C@H]2CN(c3cc(=O)[nH]c4ccccc34)C[C@@H]12. The Morgan fingerprint density at radius 3 is 2.59 bits per heavy atom. The van der Waals surface area contributed by atoms with E-state index in [2.05, 4.69) is 14.6 Å². The molecule has 1 saturated heterocycles. The van der Waals surface area contributed by atoms with Gasteiger partial charge in [0, 0.05) is 30.6 Å². The van der Waals surface area contributed by atoms with Gasteiger partial charge in [-0.3, -0.25) is 4.79 Å². The van der Waals surface area contributed by atoms with Gasteiger partial charge in [-0.05, 0) is 17.9 Å². The number of piperidine rings is 1. The molecule has 1 aromatic heterocycles. The highest BCUT2D eigenvalue weighted by molar-refractivity contribution is 7.87. The van der Waals surface area contributed by atoms with Crippen LogP contribution in [0.2, 0.25) is 0 Å². The summed E-state index contributed by atoms with van der Waals surface area (Å²) in [6.45, 7) is 1.45. The highest BCUT2D eigenvalue weighted by atomic mass is 32.2. The molecular formula is C14H16N4O3S. The summed E-state index contributed by atoms with van der Waals surface area (Å²) in [7, 11) is -3.65. The zero-order valence-corrected chi connectivity index (χ0v) is 12.5. The van der Waals surface area contributed by atoms with E-state index in [9.17, 15) is 13.2 Å². The van der Waals surface area contributed by atoms with E-state index in [1.807, 2.05) is 24.3 Å². The molecule has 7 nitrogen and oxygen atoms in total. The van der Waals surface area contributed by atoms with Crippen LogP contribution in [-0.4, -0.2) is 32.5 Å². The summed E-state index contributed by atoms with van der Waals surface area (Å²) >= 11 is 0. The number of hydrogen-bond donors (Lipinski definition) is 3. The molecule has 1 aliphatic carbocycles. The summed E-state index contributed by atoms with van der Waals surface area (Å²) in [6.07, 6.45) is 0. The van der Waals surface area contributed by atoms with Crippen molar-refractivity contribution in [2.24, 2.45) is 17.0 Å². The monoisotopic (exact) mass is 320 g/mol. The molecule has 2 aliphatic rings. The van der Waals surface area contributed by atoms with Crippen molar-refractivity contribution >= 4 is 26.8 Å². The van der Waals surface area contributed by atoms with Crippen LogP contribution in [0.5, 0.6) is 0 Å². The predicted octanol–water partition coefficient (Wildman–Crippen LogP) is -0.244. The van der Waals surface area contributed by atoms with E-state index in [4.69, 9.17) is 5.14 Å². The number of rotatable bonds is 3. The summed E-state index contributed by atoms with van der Waals surface area (Å²) < 4.78 is 24.7. The molecule has 0 amide bonds. The Hall–Kier alpha value is -1.90. The van der Waals surface area contributed by atoms with Gasteiger partial charge >= 0.3 is 0 Å². The maximum absolute atomic E-state index is 11.8. The lowest BCUT2D eigenvalue weighted by molar-refractivity contribution is 0.572. The number of aromatic nitrogens is 1.